The molecule has 0 aromatic carbocycles. The summed E-state index contributed by atoms with van der Waals surface area (Å²) in [6, 6.07) is 0. The molecule has 0 radical (unpaired) electrons. The van der Waals surface area contributed by atoms with Gasteiger partial charge in [-0.15, -0.1) is 12.6 Å². The van der Waals surface area contributed by atoms with E-state index in [4.69, 9.17) is 0 Å². The average molecular weight is 205 g/mol. The van der Waals surface area contributed by atoms with Crippen molar-refractivity contribution in [1.82, 2.24) is 9.97 Å². The highest BCUT2D eigenvalue weighted by atomic mass is 79.9. The summed E-state index contributed by atoms with van der Waals surface area (Å²) in [5, 5.41) is 0.683. The molecule has 0 fully saturated rings. The van der Waals surface area contributed by atoms with Gasteiger partial charge in [0.25, 0.3) is 0 Å². The molecule has 0 atom stereocenters. The molecule has 0 saturated heterocycles. The molecular formula is C5H5BrN2S. The lowest BCUT2D eigenvalue weighted by molar-refractivity contribution is 0.956. The van der Waals surface area contributed by atoms with Gasteiger partial charge >= 0.3 is 0 Å². The third kappa shape index (κ3) is 1.66. The van der Waals surface area contributed by atoms with Crippen molar-refractivity contribution in [3.8, 4) is 0 Å². The van der Waals surface area contributed by atoms with Gasteiger partial charge in [-0.1, -0.05) is 0 Å². The van der Waals surface area contributed by atoms with Crippen LogP contribution in [0.25, 0.3) is 0 Å². The first-order valence-electron chi connectivity index (χ1n) is 2.38. The molecule has 1 rings (SSSR count). The van der Waals surface area contributed by atoms with Crippen LogP contribution in [0.5, 0.6) is 0 Å². The fourth-order valence-corrected chi connectivity index (χ4v) is 0.837. The topological polar surface area (TPSA) is 25.8 Å². The molecule has 0 aliphatic carbocycles. The van der Waals surface area contributed by atoms with E-state index in [0.29, 0.717) is 5.03 Å². The quantitative estimate of drug-likeness (QED) is 0.516. The lowest BCUT2D eigenvalue weighted by Crippen LogP contribution is -1.86. The monoisotopic (exact) mass is 204 g/mol. The lowest BCUT2D eigenvalue weighted by atomic mass is 10.6. The Morgan fingerprint density at radius 1 is 1.67 bits per heavy atom. The van der Waals surface area contributed by atoms with Gasteiger partial charge < -0.3 is 0 Å². The van der Waals surface area contributed by atoms with Crippen LogP contribution in [-0.4, -0.2) is 9.97 Å². The zero-order chi connectivity index (χ0) is 6.85. The van der Waals surface area contributed by atoms with E-state index in [1.165, 1.54) is 0 Å². The van der Waals surface area contributed by atoms with Crippen LogP contribution in [0.4, 0.5) is 0 Å². The SMILES string of the molecule is Cc1ncc(Br)c(S)n1. The van der Waals surface area contributed by atoms with Crippen molar-refractivity contribution in [2.45, 2.75) is 11.9 Å². The molecule has 2 nitrogen and oxygen atoms in total. The third-order valence-electron chi connectivity index (χ3n) is 0.846. The van der Waals surface area contributed by atoms with Crippen LogP contribution in [0.2, 0.25) is 0 Å². The van der Waals surface area contributed by atoms with Crippen LogP contribution >= 0.6 is 28.6 Å². The molecule has 0 spiro atoms. The second kappa shape index (κ2) is 2.66. The van der Waals surface area contributed by atoms with E-state index in [-0.39, 0.29) is 0 Å². The summed E-state index contributed by atoms with van der Waals surface area (Å²) in [7, 11) is 0. The van der Waals surface area contributed by atoms with E-state index in [2.05, 4.69) is 38.5 Å². The average Bonchev–Trinajstić information content (AvgIpc) is 1.80. The van der Waals surface area contributed by atoms with Crippen molar-refractivity contribution >= 4 is 28.6 Å². The Kier molecular flexibility index (Phi) is 2.08. The summed E-state index contributed by atoms with van der Waals surface area (Å²) in [6.07, 6.45) is 1.69. The molecule has 0 aliphatic heterocycles. The Morgan fingerprint density at radius 3 is 2.78 bits per heavy atom. The smallest absolute Gasteiger partial charge is 0.126 e. The van der Waals surface area contributed by atoms with Crippen molar-refractivity contribution in [3.63, 3.8) is 0 Å². The number of nitrogens with zero attached hydrogens (tertiary/aromatic N) is 2. The minimum Gasteiger partial charge on any atom is -0.240 e. The zero-order valence-electron chi connectivity index (χ0n) is 4.80. The summed E-state index contributed by atoms with van der Waals surface area (Å²) < 4.78 is 0.830. The molecule has 1 heterocycles. The Hall–Kier alpha value is -0.0900. The Balaban J connectivity index is 3.17. The molecule has 0 amide bonds. The molecule has 1 aromatic heterocycles. The van der Waals surface area contributed by atoms with Crippen molar-refractivity contribution in [2.24, 2.45) is 0 Å². The maximum Gasteiger partial charge on any atom is 0.126 e. The van der Waals surface area contributed by atoms with E-state index >= 15 is 0 Å². The van der Waals surface area contributed by atoms with E-state index in [9.17, 15) is 0 Å². The predicted molar refractivity (Wildman–Crippen MR) is 41.7 cm³/mol. The standard InChI is InChI=1S/C5H5BrN2S/c1-3-7-2-4(6)5(9)8-3/h2H,1H3,(H,7,8,9). The predicted octanol–water partition coefficient (Wildman–Crippen LogP) is 1.84. The normalized spacial score (nSPS) is 9.67. The van der Waals surface area contributed by atoms with Gasteiger partial charge in [0.15, 0.2) is 0 Å². The Morgan fingerprint density at radius 2 is 2.33 bits per heavy atom. The highest BCUT2D eigenvalue weighted by molar-refractivity contribution is 9.10. The summed E-state index contributed by atoms with van der Waals surface area (Å²) in [4.78, 5) is 7.91. The number of halogens is 1. The summed E-state index contributed by atoms with van der Waals surface area (Å²) in [5.41, 5.74) is 0. The molecule has 1 aromatic rings. The van der Waals surface area contributed by atoms with Crippen LogP contribution in [0.15, 0.2) is 15.7 Å². The molecule has 48 valence electrons. The molecule has 4 heteroatoms. The molecule has 0 saturated carbocycles. The maximum absolute atomic E-state index is 4.07. The molecule has 0 N–H and O–H groups in total. The first-order chi connectivity index (χ1) is 4.20. The van der Waals surface area contributed by atoms with E-state index in [0.717, 1.165) is 10.3 Å². The maximum atomic E-state index is 4.07. The van der Waals surface area contributed by atoms with Gasteiger partial charge in [0.05, 0.1) is 4.47 Å². The van der Waals surface area contributed by atoms with Gasteiger partial charge in [-0.25, -0.2) is 9.97 Å². The van der Waals surface area contributed by atoms with Crippen LogP contribution in [0, 0.1) is 6.92 Å². The summed E-state index contributed by atoms with van der Waals surface area (Å²) in [6.45, 7) is 1.83. The molecular weight excluding hydrogens is 200 g/mol. The minimum atomic E-state index is 0.683. The van der Waals surface area contributed by atoms with E-state index in [1.807, 2.05) is 6.92 Å². The minimum absolute atomic E-state index is 0.683. The van der Waals surface area contributed by atoms with Crippen LogP contribution in [0.3, 0.4) is 0 Å². The van der Waals surface area contributed by atoms with Crippen LogP contribution in [-0.2, 0) is 0 Å². The summed E-state index contributed by atoms with van der Waals surface area (Å²) >= 11 is 7.30. The third-order valence-corrected chi connectivity index (χ3v) is 2.07. The van der Waals surface area contributed by atoms with Gasteiger partial charge in [-0.3, -0.25) is 0 Å². The molecule has 9 heavy (non-hydrogen) atoms. The van der Waals surface area contributed by atoms with Crippen molar-refractivity contribution in [3.05, 3.63) is 16.5 Å². The van der Waals surface area contributed by atoms with Crippen molar-refractivity contribution in [1.29, 1.82) is 0 Å². The lowest BCUT2D eigenvalue weighted by Gasteiger charge is -1.94. The number of aryl methyl sites for hydroxylation is 1. The highest BCUT2D eigenvalue weighted by Gasteiger charge is 1.94. The van der Waals surface area contributed by atoms with Crippen molar-refractivity contribution in [2.75, 3.05) is 0 Å². The Bertz CT molecular complexity index is 226. The molecule has 0 unspecified atom stereocenters. The van der Waals surface area contributed by atoms with Crippen molar-refractivity contribution < 1.29 is 0 Å². The van der Waals surface area contributed by atoms with Crippen LogP contribution in [0.1, 0.15) is 5.82 Å². The molecule has 0 aliphatic rings. The van der Waals surface area contributed by atoms with E-state index < -0.39 is 0 Å². The fourth-order valence-electron chi connectivity index (χ4n) is 0.443. The fraction of sp³-hybridized carbons (Fsp3) is 0.200. The molecule has 0 bridgehead atoms. The number of thiol groups is 1. The number of hydrogen-bond donors (Lipinski definition) is 1. The first kappa shape index (κ1) is 7.02. The number of rotatable bonds is 0. The Labute approximate surface area is 67.3 Å². The second-order valence-corrected chi connectivity index (χ2v) is 2.87. The number of hydrogen-bond acceptors (Lipinski definition) is 3. The van der Waals surface area contributed by atoms with Gasteiger partial charge in [0, 0.05) is 6.20 Å². The van der Waals surface area contributed by atoms with Crippen LogP contribution < -0.4 is 0 Å². The zero-order valence-corrected chi connectivity index (χ0v) is 7.28. The second-order valence-electron chi connectivity index (χ2n) is 1.59. The van der Waals surface area contributed by atoms with E-state index in [1.54, 1.807) is 6.20 Å². The van der Waals surface area contributed by atoms with Gasteiger partial charge in [0.1, 0.15) is 10.9 Å². The van der Waals surface area contributed by atoms with Gasteiger partial charge in [-0.2, -0.15) is 0 Å². The summed E-state index contributed by atoms with van der Waals surface area (Å²) in [5.74, 6) is 0.739. The van der Waals surface area contributed by atoms with Gasteiger partial charge in [0.2, 0.25) is 0 Å². The number of aromatic nitrogens is 2. The van der Waals surface area contributed by atoms with Gasteiger partial charge in [-0.05, 0) is 22.9 Å². The largest absolute Gasteiger partial charge is 0.240 e. The highest BCUT2D eigenvalue weighted by Crippen LogP contribution is 2.15. The first-order valence-corrected chi connectivity index (χ1v) is 3.62.